The van der Waals surface area contributed by atoms with Gasteiger partial charge in [-0.05, 0) is 18.9 Å². The van der Waals surface area contributed by atoms with E-state index in [0.29, 0.717) is 12.5 Å². The van der Waals surface area contributed by atoms with Gasteiger partial charge < -0.3 is 19.5 Å². The first kappa shape index (κ1) is 14.6. The molecule has 0 aliphatic carbocycles. The Hall–Kier alpha value is -1.82. The zero-order valence-electron chi connectivity index (χ0n) is 11.6. The number of methoxy groups -OCH3 is 1. The first-order chi connectivity index (χ1) is 9.69. The number of carboxylic acids is 1. The van der Waals surface area contributed by atoms with E-state index in [0.717, 1.165) is 31.6 Å². The maximum Gasteiger partial charge on any atom is 0.305 e. The van der Waals surface area contributed by atoms with E-state index < -0.39 is 5.97 Å². The Kier molecular flexibility index (Phi) is 5.17. The minimum Gasteiger partial charge on any atom is -0.481 e. The van der Waals surface area contributed by atoms with Gasteiger partial charge in [-0.25, -0.2) is 4.98 Å². The molecule has 2 rings (SSSR count). The average molecular weight is 280 g/mol. The van der Waals surface area contributed by atoms with Crippen molar-refractivity contribution in [2.45, 2.75) is 25.4 Å². The van der Waals surface area contributed by atoms with Gasteiger partial charge in [-0.15, -0.1) is 0 Å². The van der Waals surface area contributed by atoms with Gasteiger partial charge in [0.15, 0.2) is 0 Å². The number of rotatable bonds is 6. The first-order valence-corrected chi connectivity index (χ1v) is 6.77. The Morgan fingerprint density at radius 2 is 2.25 bits per heavy atom. The molecule has 1 N–H and O–H groups in total. The average Bonchev–Trinajstić information content (AvgIpc) is 2.48. The number of ether oxygens (including phenoxy) is 2. The van der Waals surface area contributed by atoms with Crippen LogP contribution in [0, 0.1) is 0 Å². The molecule has 1 aliphatic rings. The van der Waals surface area contributed by atoms with E-state index in [1.54, 1.807) is 13.3 Å². The van der Waals surface area contributed by atoms with Crippen molar-refractivity contribution in [2.75, 3.05) is 31.7 Å². The number of hydrogen-bond acceptors (Lipinski definition) is 5. The van der Waals surface area contributed by atoms with Crippen LogP contribution in [-0.2, 0) is 9.53 Å². The van der Waals surface area contributed by atoms with Crippen molar-refractivity contribution in [1.29, 1.82) is 0 Å². The largest absolute Gasteiger partial charge is 0.481 e. The lowest BCUT2D eigenvalue weighted by molar-refractivity contribution is -0.138. The minimum absolute atomic E-state index is 0.0712. The first-order valence-electron chi connectivity index (χ1n) is 6.77. The highest BCUT2D eigenvalue weighted by Gasteiger charge is 2.20. The molecule has 0 amide bonds. The summed E-state index contributed by atoms with van der Waals surface area (Å²) in [5.41, 5.74) is 1.10. The number of anilines is 1. The third kappa shape index (κ3) is 4.09. The second-order valence-electron chi connectivity index (χ2n) is 4.76. The molecule has 20 heavy (non-hydrogen) atoms. The van der Waals surface area contributed by atoms with Crippen molar-refractivity contribution in [3.8, 4) is 5.88 Å². The van der Waals surface area contributed by atoms with Crippen LogP contribution in [0.4, 0.5) is 5.69 Å². The second-order valence-corrected chi connectivity index (χ2v) is 4.76. The molecule has 0 saturated carbocycles. The summed E-state index contributed by atoms with van der Waals surface area (Å²) in [4.78, 5) is 16.8. The summed E-state index contributed by atoms with van der Waals surface area (Å²) in [6.45, 7) is 2.08. The van der Waals surface area contributed by atoms with Crippen LogP contribution in [0.1, 0.15) is 19.3 Å². The lowest BCUT2D eigenvalue weighted by Gasteiger charge is -2.33. The topological polar surface area (TPSA) is 71.9 Å². The summed E-state index contributed by atoms with van der Waals surface area (Å²) in [6.07, 6.45) is 3.79. The normalized spacial score (nSPS) is 16.1. The predicted octanol–water partition coefficient (Wildman–Crippen LogP) is 1.55. The van der Waals surface area contributed by atoms with Gasteiger partial charge in [-0.2, -0.15) is 0 Å². The van der Waals surface area contributed by atoms with Crippen LogP contribution in [-0.4, -0.2) is 49.0 Å². The number of carboxylic acid groups (broad SMARTS) is 1. The molecule has 0 bridgehead atoms. The van der Waals surface area contributed by atoms with Crippen LogP contribution in [0.15, 0.2) is 18.3 Å². The van der Waals surface area contributed by atoms with Crippen LogP contribution in [0.25, 0.3) is 0 Å². The van der Waals surface area contributed by atoms with Gasteiger partial charge in [0.1, 0.15) is 0 Å². The van der Waals surface area contributed by atoms with Gasteiger partial charge >= 0.3 is 5.97 Å². The molecular weight excluding hydrogens is 260 g/mol. The quantitative estimate of drug-likeness (QED) is 0.852. The highest BCUT2D eigenvalue weighted by molar-refractivity contribution is 5.66. The maximum atomic E-state index is 10.4. The maximum absolute atomic E-state index is 10.4. The molecule has 6 heteroatoms. The van der Waals surface area contributed by atoms with Crippen molar-refractivity contribution in [1.82, 2.24) is 4.98 Å². The number of hydrogen-bond donors (Lipinski definition) is 1. The Morgan fingerprint density at radius 3 is 2.90 bits per heavy atom. The molecule has 6 nitrogen and oxygen atoms in total. The van der Waals surface area contributed by atoms with E-state index in [1.165, 1.54) is 0 Å². The van der Waals surface area contributed by atoms with Crippen LogP contribution >= 0.6 is 0 Å². The van der Waals surface area contributed by atoms with Crippen LogP contribution in [0.2, 0.25) is 0 Å². The van der Waals surface area contributed by atoms with E-state index in [4.69, 9.17) is 14.6 Å². The fraction of sp³-hybridized carbons (Fsp3) is 0.571. The molecule has 0 spiro atoms. The highest BCUT2D eigenvalue weighted by atomic mass is 16.5. The van der Waals surface area contributed by atoms with Gasteiger partial charge in [0, 0.05) is 31.0 Å². The molecule has 2 heterocycles. The lowest BCUT2D eigenvalue weighted by atomic mass is 10.1. The van der Waals surface area contributed by atoms with Crippen molar-refractivity contribution in [3.05, 3.63) is 18.3 Å². The summed E-state index contributed by atoms with van der Waals surface area (Å²) in [7, 11) is 1.61. The minimum atomic E-state index is -0.814. The van der Waals surface area contributed by atoms with Crippen LogP contribution < -0.4 is 9.64 Å². The molecular formula is C14H20N2O4. The van der Waals surface area contributed by atoms with Crippen molar-refractivity contribution < 1.29 is 19.4 Å². The Labute approximate surface area is 118 Å². The van der Waals surface area contributed by atoms with E-state index in [2.05, 4.69) is 9.88 Å². The molecule has 0 atom stereocenters. The van der Waals surface area contributed by atoms with Gasteiger partial charge in [-0.3, -0.25) is 4.79 Å². The molecule has 0 aromatic carbocycles. The zero-order valence-corrected chi connectivity index (χ0v) is 11.6. The van der Waals surface area contributed by atoms with Crippen molar-refractivity contribution >= 4 is 11.7 Å². The number of aliphatic carboxylic acids is 1. The van der Waals surface area contributed by atoms with Gasteiger partial charge in [0.2, 0.25) is 5.88 Å². The molecule has 0 unspecified atom stereocenters. The zero-order chi connectivity index (χ0) is 14.4. The smallest absolute Gasteiger partial charge is 0.305 e. The van der Waals surface area contributed by atoms with E-state index >= 15 is 0 Å². The summed E-state index contributed by atoms with van der Waals surface area (Å²) >= 11 is 0. The molecule has 0 radical (unpaired) electrons. The summed E-state index contributed by atoms with van der Waals surface area (Å²) < 4.78 is 10.7. The molecule has 1 aromatic rings. The molecule has 1 aromatic heterocycles. The summed E-state index contributed by atoms with van der Waals surface area (Å²) in [6, 6.07) is 3.89. The predicted molar refractivity (Wildman–Crippen MR) is 74.2 cm³/mol. The SMILES string of the molecule is COc1cc(N2CCC(OCCC(=O)O)CC2)ccn1. The third-order valence-electron chi connectivity index (χ3n) is 3.40. The number of aromatic nitrogens is 1. The number of carbonyl (C=O) groups is 1. The molecule has 110 valence electrons. The summed E-state index contributed by atoms with van der Waals surface area (Å²) in [5.74, 6) is -0.200. The summed E-state index contributed by atoms with van der Waals surface area (Å²) in [5, 5.41) is 8.58. The van der Waals surface area contributed by atoms with E-state index in [1.807, 2.05) is 12.1 Å². The Bertz CT molecular complexity index is 445. The van der Waals surface area contributed by atoms with Crippen LogP contribution in [0.5, 0.6) is 5.88 Å². The molecule has 1 aliphatic heterocycles. The standard InChI is InChI=1S/C14H20N2O4/c1-19-13-10-11(2-6-15-13)16-7-3-12(4-8-16)20-9-5-14(17)18/h2,6,10,12H,3-5,7-9H2,1H3,(H,17,18). The van der Waals surface area contributed by atoms with Crippen molar-refractivity contribution in [3.63, 3.8) is 0 Å². The second kappa shape index (κ2) is 7.09. The monoisotopic (exact) mass is 280 g/mol. The van der Waals surface area contributed by atoms with Gasteiger partial charge in [0.25, 0.3) is 0 Å². The molecule has 1 saturated heterocycles. The third-order valence-corrected chi connectivity index (χ3v) is 3.40. The van der Waals surface area contributed by atoms with E-state index in [-0.39, 0.29) is 12.5 Å². The molecule has 1 fully saturated rings. The van der Waals surface area contributed by atoms with E-state index in [9.17, 15) is 4.79 Å². The Balaban J connectivity index is 1.80. The van der Waals surface area contributed by atoms with Crippen LogP contribution in [0.3, 0.4) is 0 Å². The fourth-order valence-electron chi connectivity index (χ4n) is 2.30. The Morgan fingerprint density at radius 1 is 1.50 bits per heavy atom. The number of pyridine rings is 1. The van der Waals surface area contributed by atoms with Gasteiger partial charge in [0.05, 0.1) is 26.2 Å². The number of nitrogens with zero attached hydrogens (tertiary/aromatic N) is 2. The fourth-order valence-corrected chi connectivity index (χ4v) is 2.30. The van der Waals surface area contributed by atoms with Crippen molar-refractivity contribution in [2.24, 2.45) is 0 Å². The number of piperidine rings is 1. The van der Waals surface area contributed by atoms with Gasteiger partial charge in [-0.1, -0.05) is 0 Å². The lowest BCUT2D eigenvalue weighted by Crippen LogP contribution is -2.37. The highest BCUT2D eigenvalue weighted by Crippen LogP contribution is 2.23.